The minimum absolute atomic E-state index is 0.0832. The van der Waals surface area contributed by atoms with Crippen LogP contribution in [0.1, 0.15) is 12.8 Å². The second kappa shape index (κ2) is 9.29. The number of benzene rings is 1. The minimum Gasteiger partial charge on any atom is -0.385 e. The minimum atomic E-state index is -4.05. The predicted molar refractivity (Wildman–Crippen MR) is 135 cm³/mol. The number of nitrogens with zero attached hydrogens (tertiary/aromatic N) is 3. The SMILES string of the molecule is O=C(Nc1ccc(-n2cnc3cc(NCC4CC4)ccc3c2=O)nc1)NS(=O)(=O)c1ccc(Cl)s1. The van der Waals surface area contributed by atoms with Crippen LogP contribution < -0.4 is 20.9 Å². The van der Waals surface area contributed by atoms with Crippen LogP contribution in [0.15, 0.2) is 64.0 Å². The summed E-state index contributed by atoms with van der Waals surface area (Å²) < 4.78 is 27.9. The molecule has 1 fully saturated rings. The summed E-state index contributed by atoms with van der Waals surface area (Å²) in [5, 5.41) is 6.22. The quantitative estimate of drug-likeness (QED) is 0.330. The molecule has 13 heteroatoms. The first-order valence-corrected chi connectivity index (χ1v) is 13.3. The second-order valence-electron chi connectivity index (χ2n) is 8.00. The number of hydrogen-bond donors (Lipinski definition) is 3. The Kier molecular flexibility index (Phi) is 6.17. The highest BCUT2D eigenvalue weighted by Crippen LogP contribution is 2.29. The van der Waals surface area contributed by atoms with Crippen LogP contribution in [-0.4, -0.2) is 35.5 Å². The van der Waals surface area contributed by atoms with Crippen molar-refractivity contribution in [3.05, 3.63) is 69.7 Å². The van der Waals surface area contributed by atoms with E-state index in [1.54, 1.807) is 6.07 Å². The molecule has 4 aromatic rings. The number of amides is 2. The van der Waals surface area contributed by atoms with Crippen molar-refractivity contribution in [2.75, 3.05) is 17.2 Å². The molecule has 3 heterocycles. The smallest absolute Gasteiger partial charge is 0.333 e. The predicted octanol–water partition coefficient (Wildman–Crippen LogP) is 3.83. The maximum atomic E-state index is 13.0. The molecule has 0 spiro atoms. The highest BCUT2D eigenvalue weighted by molar-refractivity contribution is 7.92. The van der Waals surface area contributed by atoms with Crippen LogP contribution >= 0.6 is 22.9 Å². The van der Waals surface area contributed by atoms with Gasteiger partial charge in [0.05, 0.1) is 27.1 Å². The number of urea groups is 1. The first-order chi connectivity index (χ1) is 16.8. The fourth-order valence-corrected chi connectivity index (χ4v) is 5.74. The average molecular weight is 531 g/mol. The van der Waals surface area contributed by atoms with Crippen LogP contribution in [0.25, 0.3) is 16.7 Å². The highest BCUT2D eigenvalue weighted by atomic mass is 35.5. The van der Waals surface area contributed by atoms with Gasteiger partial charge in [-0.3, -0.25) is 9.36 Å². The van der Waals surface area contributed by atoms with Crippen LogP contribution in [0, 0.1) is 5.92 Å². The monoisotopic (exact) mass is 530 g/mol. The van der Waals surface area contributed by atoms with Crippen molar-refractivity contribution in [1.82, 2.24) is 19.3 Å². The largest absolute Gasteiger partial charge is 0.385 e. The van der Waals surface area contributed by atoms with Gasteiger partial charge >= 0.3 is 6.03 Å². The number of thiophene rings is 1. The third kappa shape index (κ3) is 5.29. The molecule has 0 bridgehead atoms. The Balaban J connectivity index is 1.29. The van der Waals surface area contributed by atoms with Gasteiger partial charge in [-0.1, -0.05) is 11.6 Å². The van der Waals surface area contributed by atoms with Crippen LogP contribution in [0.3, 0.4) is 0 Å². The topological polar surface area (TPSA) is 135 Å². The first-order valence-electron chi connectivity index (χ1n) is 10.6. The van der Waals surface area contributed by atoms with Crippen LogP contribution in [0.5, 0.6) is 0 Å². The van der Waals surface area contributed by atoms with Crippen molar-refractivity contribution in [3.63, 3.8) is 0 Å². The molecular weight excluding hydrogens is 512 g/mol. The Labute approximate surface area is 209 Å². The fourth-order valence-electron chi connectivity index (χ4n) is 3.35. The van der Waals surface area contributed by atoms with Crippen molar-refractivity contribution in [2.24, 2.45) is 5.92 Å². The van der Waals surface area contributed by atoms with E-state index in [1.807, 2.05) is 16.9 Å². The van der Waals surface area contributed by atoms with Gasteiger partial charge in [0.1, 0.15) is 16.4 Å². The highest BCUT2D eigenvalue weighted by Gasteiger charge is 2.21. The van der Waals surface area contributed by atoms with Crippen LogP contribution in [-0.2, 0) is 10.0 Å². The molecule has 0 radical (unpaired) electrons. The zero-order chi connectivity index (χ0) is 24.6. The Bertz CT molecular complexity index is 1580. The lowest BCUT2D eigenvalue weighted by Crippen LogP contribution is -2.34. The van der Waals surface area contributed by atoms with Gasteiger partial charge in [0.2, 0.25) is 0 Å². The molecule has 1 saturated carbocycles. The van der Waals surface area contributed by atoms with Gasteiger partial charge in [0.25, 0.3) is 15.6 Å². The summed E-state index contributed by atoms with van der Waals surface area (Å²) in [5.41, 5.74) is 1.45. The summed E-state index contributed by atoms with van der Waals surface area (Å²) >= 11 is 6.59. The number of carbonyl (C=O) groups excluding carboxylic acids is 1. The van der Waals surface area contributed by atoms with E-state index in [4.69, 9.17) is 11.6 Å². The maximum absolute atomic E-state index is 13.0. The standard InChI is InChI=1S/C22H19ClN6O4S2/c23-18-6-8-20(34-18)35(32,33)28-22(31)27-15-4-7-19(25-11-15)29-12-26-17-9-14(24-10-13-1-2-13)3-5-16(17)21(29)30/h3-9,11-13,24H,1-2,10H2,(H2,27,28,31). The number of carbonyl (C=O) groups is 1. The van der Waals surface area contributed by atoms with E-state index in [0.717, 1.165) is 29.5 Å². The molecular formula is C22H19ClN6O4S2. The molecule has 3 N–H and O–H groups in total. The number of anilines is 2. The van der Waals surface area contributed by atoms with Crippen molar-refractivity contribution < 1.29 is 13.2 Å². The molecule has 180 valence electrons. The molecule has 1 aliphatic carbocycles. The average Bonchev–Trinajstić information content (AvgIpc) is 3.55. The Hall–Kier alpha value is -3.48. The molecule has 0 atom stereocenters. The molecule has 0 unspecified atom stereocenters. The Morgan fingerprint density at radius 3 is 2.60 bits per heavy atom. The molecule has 0 aliphatic heterocycles. The molecule has 35 heavy (non-hydrogen) atoms. The van der Waals surface area contributed by atoms with Crippen LogP contribution in [0.2, 0.25) is 4.34 Å². The van der Waals surface area contributed by atoms with E-state index in [2.05, 4.69) is 20.6 Å². The van der Waals surface area contributed by atoms with Crippen molar-refractivity contribution in [3.8, 4) is 5.82 Å². The number of fused-ring (bicyclic) bond motifs is 1. The van der Waals surface area contributed by atoms with E-state index >= 15 is 0 Å². The summed E-state index contributed by atoms with van der Waals surface area (Å²) in [4.78, 5) is 33.7. The van der Waals surface area contributed by atoms with E-state index in [-0.39, 0.29) is 19.8 Å². The number of hydrogen-bond acceptors (Lipinski definition) is 8. The third-order valence-corrected chi connectivity index (χ3v) is 8.40. The van der Waals surface area contributed by atoms with Crippen molar-refractivity contribution in [2.45, 2.75) is 17.1 Å². The Morgan fingerprint density at radius 1 is 1.11 bits per heavy atom. The van der Waals surface area contributed by atoms with Gasteiger partial charge in [-0.25, -0.2) is 27.9 Å². The van der Waals surface area contributed by atoms with E-state index < -0.39 is 16.1 Å². The normalized spacial score (nSPS) is 13.5. The summed E-state index contributed by atoms with van der Waals surface area (Å²) in [6, 6.07) is 10.2. The van der Waals surface area contributed by atoms with Gasteiger partial charge in [-0.15, -0.1) is 11.3 Å². The maximum Gasteiger partial charge on any atom is 0.333 e. The van der Waals surface area contributed by atoms with Crippen molar-refractivity contribution >= 4 is 61.3 Å². The number of nitrogens with one attached hydrogen (secondary N) is 3. The molecule has 1 aliphatic rings. The van der Waals surface area contributed by atoms with E-state index in [1.165, 1.54) is 54.2 Å². The summed E-state index contributed by atoms with van der Waals surface area (Å²) in [5.74, 6) is 1.03. The summed E-state index contributed by atoms with van der Waals surface area (Å²) in [6.07, 6.45) is 5.21. The molecule has 5 rings (SSSR count). The van der Waals surface area contributed by atoms with Gasteiger partial charge < -0.3 is 10.6 Å². The van der Waals surface area contributed by atoms with E-state index in [9.17, 15) is 18.0 Å². The lowest BCUT2D eigenvalue weighted by atomic mass is 10.2. The van der Waals surface area contributed by atoms with E-state index in [0.29, 0.717) is 16.7 Å². The first kappa shape index (κ1) is 23.3. The number of aromatic nitrogens is 3. The number of pyridine rings is 1. The second-order valence-corrected chi connectivity index (χ2v) is 11.6. The lowest BCUT2D eigenvalue weighted by Gasteiger charge is -2.10. The lowest BCUT2D eigenvalue weighted by molar-refractivity contribution is 0.256. The Morgan fingerprint density at radius 2 is 1.91 bits per heavy atom. The van der Waals surface area contributed by atoms with Crippen LogP contribution in [0.4, 0.5) is 16.2 Å². The number of halogens is 1. The molecule has 10 nitrogen and oxygen atoms in total. The third-order valence-electron chi connectivity index (χ3n) is 5.34. The van der Waals surface area contributed by atoms with Gasteiger partial charge in [0, 0.05) is 12.2 Å². The number of sulfonamides is 1. The van der Waals surface area contributed by atoms with Crippen molar-refractivity contribution in [1.29, 1.82) is 0 Å². The summed E-state index contributed by atoms with van der Waals surface area (Å²) in [6.45, 7) is 0.916. The molecule has 0 saturated heterocycles. The molecule has 2 amide bonds. The van der Waals surface area contributed by atoms with Gasteiger partial charge in [-0.2, -0.15) is 0 Å². The molecule has 1 aromatic carbocycles. The summed E-state index contributed by atoms with van der Waals surface area (Å²) in [7, 11) is -4.05. The van der Waals surface area contributed by atoms with Gasteiger partial charge in [0.15, 0.2) is 0 Å². The fraction of sp³-hybridized carbons (Fsp3) is 0.182. The zero-order valence-electron chi connectivity index (χ0n) is 18.1. The number of rotatable bonds is 7. The van der Waals surface area contributed by atoms with Gasteiger partial charge in [-0.05, 0) is 61.2 Å². The zero-order valence-corrected chi connectivity index (χ0v) is 20.5. The molecule has 3 aromatic heterocycles.